The van der Waals surface area contributed by atoms with Crippen LogP contribution in [0.2, 0.25) is 5.02 Å². The van der Waals surface area contributed by atoms with E-state index in [9.17, 15) is 0 Å². The van der Waals surface area contributed by atoms with Crippen LogP contribution < -0.4 is 5.73 Å². The highest BCUT2D eigenvalue weighted by Crippen LogP contribution is 2.27. The van der Waals surface area contributed by atoms with E-state index in [0.717, 1.165) is 23.0 Å². The van der Waals surface area contributed by atoms with Crippen LogP contribution in [-0.4, -0.2) is 30.0 Å². The Bertz CT molecular complexity index is 577. The van der Waals surface area contributed by atoms with Gasteiger partial charge in [-0.1, -0.05) is 17.7 Å². The van der Waals surface area contributed by atoms with Crippen LogP contribution in [0.4, 0.5) is 0 Å². The lowest BCUT2D eigenvalue weighted by Crippen LogP contribution is -2.32. The number of likely N-dealkylation sites (N-methyl/N-ethyl adjacent to an activating group) is 1. The molecule has 0 amide bonds. The summed E-state index contributed by atoms with van der Waals surface area (Å²) in [6, 6.07) is 10.3. The van der Waals surface area contributed by atoms with Gasteiger partial charge in [0, 0.05) is 36.0 Å². The molecule has 112 valence electrons. The Morgan fingerprint density at radius 3 is 2.62 bits per heavy atom. The van der Waals surface area contributed by atoms with Crippen molar-refractivity contribution < 1.29 is 0 Å². The van der Waals surface area contributed by atoms with E-state index in [2.05, 4.69) is 38.9 Å². The summed E-state index contributed by atoms with van der Waals surface area (Å²) in [7, 11) is 2.09. The highest BCUT2D eigenvalue weighted by Gasteiger charge is 2.16. The van der Waals surface area contributed by atoms with Crippen molar-refractivity contribution in [2.75, 3.05) is 20.1 Å². The van der Waals surface area contributed by atoms with Gasteiger partial charge in [-0.25, -0.2) is 0 Å². The molecule has 1 aromatic carbocycles. The first-order valence-corrected chi connectivity index (χ1v) is 8.03. The zero-order valence-electron chi connectivity index (χ0n) is 12.0. The third kappa shape index (κ3) is 4.51. The minimum absolute atomic E-state index is 0.164. The molecule has 0 aliphatic heterocycles. The summed E-state index contributed by atoms with van der Waals surface area (Å²) in [5.74, 6) is 0. The van der Waals surface area contributed by atoms with Crippen LogP contribution in [0.25, 0.3) is 0 Å². The molecule has 0 aliphatic rings. The van der Waals surface area contributed by atoms with Crippen LogP contribution in [0.15, 0.2) is 47.2 Å². The Morgan fingerprint density at radius 2 is 2.00 bits per heavy atom. The van der Waals surface area contributed by atoms with Crippen molar-refractivity contribution in [1.82, 2.24) is 9.88 Å². The molecule has 5 heteroatoms. The van der Waals surface area contributed by atoms with Crippen LogP contribution in [0.1, 0.15) is 17.2 Å². The van der Waals surface area contributed by atoms with Crippen molar-refractivity contribution in [3.63, 3.8) is 0 Å². The number of halogens is 2. The summed E-state index contributed by atoms with van der Waals surface area (Å²) in [5, 5.41) is 0.716. The van der Waals surface area contributed by atoms with Gasteiger partial charge in [0.15, 0.2) is 0 Å². The molecule has 0 saturated heterocycles. The second-order valence-corrected chi connectivity index (χ2v) is 6.27. The molecule has 0 saturated carbocycles. The van der Waals surface area contributed by atoms with E-state index in [1.54, 1.807) is 0 Å². The quantitative estimate of drug-likeness (QED) is 0.846. The number of nitrogens with zero attached hydrogens (tertiary/aromatic N) is 2. The third-order valence-corrected chi connectivity index (χ3v) is 4.82. The fourth-order valence-corrected chi connectivity index (χ4v) is 2.74. The number of pyridine rings is 1. The maximum atomic E-state index is 6.18. The summed E-state index contributed by atoms with van der Waals surface area (Å²) in [5.41, 5.74) is 8.38. The van der Waals surface area contributed by atoms with Crippen molar-refractivity contribution in [1.29, 1.82) is 0 Å². The molecule has 1 aromatic heterocycles. The Kier molecular flexibility index (Phi) is 6.18. The second kappa shape index (κ2) is 7.90. The molecular formula is C16H19BrClN3. The Hall–Kier alpha value is -0.940. The number of hydrogen-bond donors (Lipinski definition) is 1. The first kappa shape index (κ1) is 16.4. The van der Waals surface area contributed by atoms with E-state index in [1.165, 1.54) is 5.56 Å². The molecule has 0 fully saturated rings. The molecule has 1 unspecified atom stereocenters. The van der Waals surface area contributed by atoms with E-state index < -0.39 is 0 Å². The Labute approximate surface area is 139 Å². The first-order chi connectivity index (χ1) is 10.1. The Balaban J connectivity index is 2.04. The predicted molar refractivity (Wildman–Crippen MR) is 91.5 cm³/mol. The maximum Gasteiger partial charge on any atom is 0.0551 e. The van der Waals surface area contributed by atoms with Gasteiger partial charge in [0.1, 0.15) is 0 Å². The molecule has 1 heterocycles. The lowest BCUT2D eigenvalue weighted by molar-refractivity contribution is 0.253. The van der Waals surface area contributed by atoms with E-state index in [-0.39, 0.29) is 6.04 Å². The normalized spacial score (nSPS) is 12.6. The van der Waals surface area contributed by atoms with Crippen molar-refractivity contribution in [2.24, 2.45) is 5.73 Å². The summed E-state index contributed by atoms with van der Waals surface area (Å²) in [6.45, 7) is 1.49. The molecule has 2 N–H and O–H groups in total. The average Bonchev–Trinajstić information content (AvgIpc) is 2.50. The topological polar surface area (TPSA) is 42.2 Å². The monoisotopic (exact) mass is 367 g/mol. The molecule has 0 aliphatic carbocycles. The van der Waals surface area contributed by atoms with E-state index in [4.69, 9.17) is 17.3 Å². The third-order valence-electron chi connectivity index (χ3n) is 3.59. The molecule has 1 atom stereocenters. The first-order valence-electron chi connectivity index (χ1n) is 6.86. The zero-order valence-corrected chi connectivity index (χ0v) is 14.3. The molecule has 2 aromatic rings. The highest BCUT2D eigenvalue weighted by atomic mass is 79.9. The van der Waals surface area contributed by atoms with Gasteiger partial charge in [-0.15, -0.1) is 0 Å². The molecule has 3 nitrogen and oxygen atoms in total. The number of hydrogen-bond acceptors (Lipinski definition) is 3. The number of nitrogens with two attached hydrogens (primary N) is 1. The van der Waals surface area contributed by atoms with Gasteiger partial charge in [-0.3, -0.25) is 9.88 Å². The highest BCUT2D eigenvalue weighted by molar-refractivity contribution is 9.10. The largest absolute Gasteiger partial charge is 0.329 e. The van der Waals surface area contributed by atoms with Crippen LogP contribution in [-0.2, 0) is 6.42 Å². The van der Waals surface area contributed by atoms with Gasteiger partial charge in [0.2, 0.25) is 0 Å². The summed E-state index contributed by atoms with van der Waals surface area (Å²) >= 11 is 9.60. The minimum atomic E-state index is 0.164. The fraction of sp³-hybridized carbons (Fsp3) is 0.312. The van der Waals surface area contributed by atoms with Gasteiger partial charge < -0.3 is 5.73 Å². The van der Waals surface area contributed by atoms with E-state index >= 15 is 0 Å². The Morgan fingerprint density at radius 1 is 1.29 bits per heavy atom. The molecule has 2 rings (SSSR count). The van der Waals surface area contributed by atoms with Crippen LogP contribution in [0, 0.1) is 0 Å². The molecule has 21 heavy (non-hydrogen) atoms. The van der Waals surface area contributed by atoms with Gasteiger partial charge in [-0.2, -0.15) is 0 Å². The number of benzene rings is 1. The van der Waals surface area contributed by atoms with Crippen LogP contribution >= 0.6 is 27.5 Å². The van der Waals surface area contributed by atoms with Gasteiger partial charge in [-0.05, 0) is 64.8 Å². The van der Waals surface area contributed by atoms with Crippen molar-refractivity contribution in [3.05, 3.63) is 63.3 Å². The van der Waals surface area contributed by atoms with Gasteiger partial charge in [0.25, 0.3) is 0 Å². The smallest absolute Gasteiger partial charge is 0.0551 e. The van der Waals surface area contributed by atoms with Crippen LogP contribution in [0.5, 0.6) is 0 Å². The molecule has 0 spiro atoms. The van der Waals surface area contributed by atoms with Crippen molar-refractivity contribution in [2.45, 2.75) is 12.5 Å². The molecule has 0 radical (unpaired) electrons. The minimum Gasteiger partial charge on any atom is -0.329 e. The standard InChI is InChI=1S/C16H19BrClN3/c1-21(9-6-12-4-7-20-8-5-12)16(11-19)13-2-3-14(17)15(18)10-13/h2-5,7-8,10,16H,6,9,11,19H2,1H3. The van der Waals surface area contributed by atoms with Crippen LogP contribution in [0.3, 0.4) is 0 Å². The van der Waals surface area contributed by atoms with Crippen molar-refractivity contribution >= 4 is 27.5 Å². The number of aromatic nitrogens is 1. The van der Waals surface area contributed by atoms with E-state index in [0.29, 0.717) is 11.6 Å². The second-order valence-electron chi connectivity index (χ2n) is 5.01. The molecule has 0 bridgehead atoms. The van der Waals surface area contributed by atoms with E-state index in [1.807, 2.05) is 36.7 Å². The fourth-order valence-electron chi connectivity index (χ4n) is 2.30. The summed E-state index contributed by atoms with van der Waals surface area (Å²) in [6.07, 6.45) is 4.62. The average molecular weight is 369 g/mol. The SMILES string of the molecule is CN(CCc1ccncc1)C(CN)c1ccc(Br)c(Cl)c1. The van der Waals surface area contributed by atoms with Gasteiger partial charge >= 0.3 is 0 Å². The zero-order chi connectivity index (χ0) is 15.2. The number of rotatable bonds is 6. The summed E-state index contributed by atoms with van der Waals surface area (Å²) < 4.78 is 0.906. The van der Waals surface area contributed by atoms with Gasteiger partial charge in [0.05, 0.1) is 5.02 Å². The predicted octanol–water partition coefficient (Wildman–Crippen LogP) is 3.67. The lowest BCUT2D eigenvalue weighted by Gasteiger charge is -2.27. The maximum absolute atomic E-state index is 6.18. The van der Waals surface area contributed by atoms with Crippen molar-refractivity contribution in [3.8, 4) is 0 Å². The molecular weight excluding hydrogens is 350 g/mol. The lowest BCUT2D eigenvalue weighted by atomic mass is 10.1. The summed E-state index contributed by atoms with van der Waals surface area (Å²) in [4.78, 5) is 6.30.